The van der Waals surface area contributed by atoms with Crippen molar-refractivity contribution < 1.29 is 14.6 Å². The highest BCUT2D eigenvalue weighted by Crippen LogP contribution is 2.44. The van der Waals surface area contributed by atoms with Gasteiger partial charge in [0, 0.05) is 15.3 Å². The molecule has 0 aliphatic heterocycles. The molecule has 23 heavy (non-hydrogen) atoms. The number of hydrogen-bond acceptors (Lipinski definition) is 3. The zero-order chi connectivity index (χ0) is 17.4. The van der Waals surface area contributed by atoms with Gasteiger partial charge in [0.1, 0.15) is 0 Å². The second kappa shape index (κ2) is 6.78. The normalized spacial score (nSPS) is 20.3. The number of ether oxygens (including phenoxy) is 1. The minimum Gasteiger partial charge on any atom is -0.479 e. The summed E-state index contributed by atoms with van der Waals surface area (Å²) in [4.78, 5) is 14.2. The van der Waals surface area contributed by atoms with Crippen molar-refractivity contribution in [1.29, 1.82) is 0 Å². The molecular weight excluding hydrogens is 308 g/mol. The SMILES string of the molecule is Cc1sc(C)c(C(OC(C)(C)C)C(=O)O)c1C1=CCCCC1C. The molecule has 2 unspecified atom stereocenters. The van der Waals surface area contributed by atoms with Crippen LogP contribution in [-0.4, -0.2) is 16.7 Å². The van der Waals surface area contributed by atoms with Crippen molar-refractivity contribution in [1.82, 2.24) is 0 Å². The number of aliphatic carboxylic acids is 1. The third-order valence-corrected chi connectivity index (χ3v) is 5.33. The number of allylic oxidation sites excluding steroid dienone is 2. The molecule has 3 nitrogen and oxygen atoms in total. The predicted octanol–water partition coefficient (Wildman–Crippen LogP) is 5.51. The topological polar surface area (TPSA) is 46.5 Å². The highest BCUT2D eigenvalue weighted by molar-refractivity contribution is 7.12. The Labute approximate surface area is 143 Å². The Hall–Kier alpha value is -1.13. The highest BCUT2D eigenvalue weighted by Gasteiger charge is 2.34. The predicted molar refractivity (Wildman–Crippen MR) is 96.0 cm³/mol. The lowest BCUT2D eigenvalue weighted by Crippen LogP contribution is -2.28. The van der Waals surface area contributed by atoms with Crippen molar-refractivity contribution >= 4 is 22.9 Å². The second-order valence-corrected chi connectivity index (χ2v) is 8.87. The van der Waals surface area contributed by atoms with E-state index in [-0.39, 0.29) is 0 Å². The molecule has 128 valence electrons. The van der Waals surface area contributed by atoms with Gasteiger partial charge in [0.15, 0.2) is 6.10 Å². The van der Waals surface area contributed by atoms with Gasteiger partial charge in [0.25, 0.3) is 0 Å². The van der Waals surface area contributed by atoms with Gasteiger partial charge in [-0.2, -0.15) is 0 Å². The van der Waals surface area contributed by atoms with Crippen LogP contribution >= 0.6 is 11.3 Å². The lowest BCUT2D eigenvalue weighted by atomic mass is 9.82. The molecule has 1 heterocycles. The van der Waals surface area contributed by atoms with E-state index >= 15 is 0 Å². The van der Waals surface area contributed by atoms with Crippen LogP contribution in [0.3, 0.4) is 0 Å². The molecule has 0 radical (unpaired) electrons. The molecule has 0 aromatic carbocycles. The van der Waals surface area contributed by atoms with E-state index in [0.717, 1.165) is 28.8 Å². The maximum Gasteiger partial charge on any atom is 0.337 e. The first-order valence-corrected chi connectivity index (χ1v) is 9.14. The molecule has 0 fully saturated rings. The van der Waals surface area contributed by atoms with E-state index in [4.69, 9.17) is 4.74 Å². The quantitative estimate of drug-likeness (QED) is 0.788. The molecule has 4 heteroatoms. The van der Waals surface area contributed by atoms with Crippen LogP contribution in [0.2, 0.25) is 0 Å². The first-order valence-electron chi connectivity index (χ1n) is 8.32. The third kappa shape index (κ3) is 4.04. The summed E-state index contributed by atoms with van der Waals surface area (Å²) in [6.07, 6.45) is 4.83. The molecule has 2 atom stereocenters. The summed E-state index contributed by atoms with van der Waals surface area (Å²) in [7, 11) is 0. The molecule has 1 N–H and O–H groups in total. The van der Waals surface area contributed by atoms with Crippen LogP contribution in [0, 0.1) is 19.8 Å². The van der Waals surface area contributed by atoms with Crippen LogP contribution in [0.5, 0.6) is 0 Å². The lowest BCUT2D eigenvalue weighted by molar-refractivity contribution is -0.160. The second-order valence-electron chi connectivity index (χ2n) is 7.44. The molecule has 0 amide bonds. The van der Waals surface area contributed by atoms with E-state index in [2.05, 4.69) is 19.9 Å². The number of thiophene rings is 1. The molecule has 1 aliphatic rings. The van der Waals surface area contributed by atoms with Gasteiger partial charge in [0.2, 0.25) is 0 Å². The largest absolute Gasteiger partial charge is 0.479 e. The summed E-state index contributed by atoms with van der Waals surface area (Å²) in [6, 6.07) is 0. The van der Waals surface area contributed by atoms with Crippen molar-refractivity contribution in [3.63, 3.8) is 0 Å². The fraction of sp³-hybridized carbons (Fsp3) is 0.632. The van der Waals surface area contributed by atoms with Gasteiger partial charge in [-0.1, -0.05) is 13.0 Å². The van der Waals surface area contributed by atoms with E-state index < -0.39 is 17.7 Å². The van der Waals surface area contributed by atoms with Gasteiger partial charge in [0.05, 0.1) is 5.60 Å². The van der Waals surface area contributed by atoms with Crippen molar-refractivity contribution in [3.05, 3.63) is 27.0 Å². The van der Waals surface area contributed by atoms with Gasteiger partial charge < -0.3 is 9.84 Å². The molecule has 0 bridgehead atoms. The number of hydrogen-bond donors (Lipinski definition) is 1. The smallest absolute Gasteiger partial charge is 0.337 e. The van der Waals surface area contributed by atoms with E-state index in [1.807, 2.05) is 27.7 Å². The van der Waals surface area contributed by atoms with Crippen LogP contribution in [0.4, 0.5) is 0 Å². The fourth-order valence-electron chi connectivity index (χ4n) is 3.35. The lowest BCUT2D eigenvalue weighted by Gasteiger charge is -2.28. The Morgan fingerprint density at radius 1 is 1.35 bits per heavy atom. The van der Waals surface area contributed by atoms with Crippen molar-refractivity contribution in [2.24, 2.45) is 5.92 Å². The Kier molecular flexibility index (Phi) is 5.37. The average Bonchev–Trinajstić information content (AvgIpc) is 2.70. The van der Waals surface area contributed by atoms with Crippen LogP contribution < -0.4 is 0 Å². The maximum atomic E-state index is 11.9. The zero-order valence-corrected chi connectivity index (χ0v) is 15.8. The van der Waals surface area contributed by atoms with E-state index in [1.54, 1.807) is 11.3 Å². The minimum absolute atomic E-state index is 0.472. The minimum atomic E-state index is -0.912. The monoisotopic (exact) mass is 336 g/mol. The van der Waals surface area contributed by atoms with Gasteiger partial charge in [-0.3, -0.25) is 0 Å². The van der Waals surface area contributed by atoms with E-state index in [1.165, 1.54) is 16.9 Å². The summed E-state index contributed by atoms with van der Waals surface area (Å²) in [5.41, 5.74) is 2.78. The summed E-state index contributed by atoms with van der Waals surface area (Å²) >= 11 is 1.68. The van der Waals surface area contributed by atoms with Crippen molar-refractivity contribution in [2.75, 3.05) is 0 Å². The van der Waals surface area contributed by atoms with Crippen LogP contribution in [0.25, 0.3) is 5.57 Å². The van der Waals surface area contributed by atoms with Crippen LogP contribution in [0.15, 0.2) is 6.08 Å². The summed E-state index contributed by atoms with van der Waals surface area (Å²) in [6.45, 7) is 12.0. The third-order valence-electron chi connectivity index (χ3n) is 4.29. The summed E-state index contributed by atoms with van der Waals surface area (Å²) in [5, 5.41) is 9.77. The number of carbonyl (C=O) groups is 1. The molecule has 0 spiro atoms. The molecule has 1 aromatic heterocycles. The molecule has 1 aromatic rings. The molecule has 1 aliphatic carbocycles. The zero-order valence-electron chi connectivity index (χ0n) is 15.0. The first kappa shape index (κ1) is 18.2. The number of rotatable bonds is 4. The van der Waals surface area contributed by atoms with Gasteiger partial charge >= 0.3 is 5.97 Å². The van der Waals surface area contributed by atoms with Gasteiger partial charge in [-0.05, 0) is 70.9 Å². The molecule has 2 rings (SSSR count). The van der Waals surface area contributed by atoms with E-state index in [9.17, 15) is 9.90 Å². The molecule has 0 saturated carbocycles. The van der Waals surface area contributed by atoms with Crippen molar-refractivity contribution in [2.45, 2.75) is 72.5 Å². The van der Waals surface area contributed by atoms with Crippen molar-refractivity contribution in [3.8, 4) is 0 Å². The average molecular weight is 336 g/mol. The molecular formula is C19H28O3S. The maximum absolute atomic E-state index is 11.9. The first-order chi connectivity index (χ1) is 10.6. The summed E-state index contributed by atoms with van der Waals surface area (Å²) < 4.78 is 5.93. The van der Waals surface area contributed by atoms with Crippen LogP contribution in [-0.2, 0) is 9.53 Å². The Morgan fingerprint density at radius 2 is 2.00 bits per heavy atom. The molecule has 0 saturated heterocycles. The number of aryl methyl sites for hydroxylation is 2. The van der Waals surface area contributed by atoms with Crippen LogP contribution in [0.1, 0.15) is 73.9 Å². The number of carboxylic acids is 1. The van der Waals surface area contributed by atoms with E-state index in [0.29, 0.717) is 5.92 Å². The highest BCUT2D eigenvalue weighted by atomic mass is 32.1. The summed E-state index contributed by atoms with van der Waals surface area (Å²) in [5.74, 6) is -0.439. The Morgan fingerprint density at radius 3 is 2.52 bits per heavy atom. The number of carboxylic acid groups (broad SMARTS) is 1. The fourth-order valence-corrected chi connectivity index (χ4v) is 4.46. The Bertz CT molecular complexity index is 619. The Balaban J connectivity index is 2.57. The van der Waals surface area contributed by atoms with Gasteiger partial charge in [-0.15, -0.1) is 11.3 Å². The van der Waals surface area contributed by atoms with Gasteiger partial charge in [-0.25, -0.2) is 4.79 Å². The standard InChI is InChI=1S/C19H28O3S/c1-11-9-7-8-10-14(11)15-12(2)23-13(3)16(15)17(18(20)21)22-19(4,5)6/h10-11,17H,7-9H2,1-6H3,(H,20,21).